The standard InChI is InChI=1S/C15H22N4O/c1-10(2)13(7-16)8-17-14-5-4-12(6-11(14)3)15-19-18-9-20-15/h4-6,9-10,13,17H,7-8,16H2,1-3H3. The van der Waals surface area contributed by atoms with Crippen LogP contribution >= 0.6 is 0 Å². The Morgan fingerprint density at radius 3 is 2.70 bits per heavy atom. The SMILES string of the molecule is Cc1cc(-c2nnco2)ccc1NCC(CN)C(C)C. The lowest BCUT2D eigenvalue weighted by molar-refractivity contribution is 0.413. The summed E-state index contributed by atoms with van der Waals surface area (Å²) in [5.74, 6) is 1.59. The summed E-state index contributed by atoms with van der Waals surface area (Å²) in [4.78, 5) is 0. The molecule has 108 valence electrons. The van der Waals surface area contributed by atoms with Gasteiger partial charge in [0.15, 0.2) is 0 Å². The molecule has 20 heavy (non-hydrogen) atoms. The molecule has 1 aromatic heterocycles. The Kier molecular flexibility index (Phi) is 4.74. The van der Waals surface area contributed by atoms with Gasteiger partial charge in [0.2, 0.25) is 12.3 Å². The molecule has 0 amide bonds. The van der Waals surface area contributed by atoms with E-state index in [-0.39, 0.29) is 0 Å². The van der Waals surface area contributed by atoms with Gasteiger partial charge in [-0.3, -0.25) is 0 Å². The lowest BCUT2D eigenvalue weighted by atomic mass is 9.96. The third kappa shape index (κ3) is 3.36. The summed E-state index contributed by atoms with van der Waals surface area (Å²) < 4.78 is 5.20. The van der Waals surface area contributed by atoms with E-state index < -0.39 is 0 Å². The van der Waals surface area contributed by atoms with E-state index in [1.807, 2.05) is 18.2 Å². The molecule has 2 aromatic rings. The number of nitrogens with two attached hydrogens (primary N) is 1. The van der Waals surface area contributed by atoms with Crippen LogP contribution in [0.5, 0.6) is 0 Å². The average molecular weight is 274 g/mol. The lowest BCUT2D eigenvalue weighted by Gasteiger charge is -2.20. The Hall–Kier alpha value is -1.88. The highest BCUT2D eigenvalue weighted by atomic mass is 16.4. The van der Waals surface area contributed by atoms with E-state index >= 15 is 0 Å². The van der Waals surface area contributed by atoms with Gasteiger partial charge in [0.05, 0.1) is 0 Å². The number of anilines is 1. The van der Waals surface area contributed by atoms with Crippen LogP contribution in [-0.2, 0) is 0 Å². The molecule has 0 saturated heterocycles. The van der Waals surface area contributed by atoms with E-state index in [0.717, 1.165) is 23.4 Å². The topological polar surface area (TPSA) is 77.0 Å². The van der Waals surface area contributed by atoms with Crippen molar-refractivity contribution < 1.29 is 4.42 Å². The molecule has 3 N–H and O–H groups in total. The van der Waals surface area contributed by atoms with E-state index in [4.69, 9.17) is 10.2 Å². The molecule has 0 spiro atoms. The quantitative estimate of drug-likeness (QED) is 0.847. The monoisotopic (exact) mass is 274 g/mol. The van der Waals surface area contributed by atoms with Crippen LogP contribution in [-0.4, -0.2) is 23.3 Å². The highest BCUT2D eigenvalue weighted by Crippen LogP contribution is 2.23. The van der Waals surface area contributed by atoms with E-state index in [1.165, 1.54) is 6.39 Å². The van der Waals surface area contributed by atoms with Gasteiger partial charge in [-0.2, -0.15) is 0 Å². The predicted molar refractivity (Wildman–Crippen MR) is 80.3 cm³/mol. The van der Waals surface area contributed by atoms with Gasteiger partial charge in [0.1, 0.15) is 0 Å². The van der Waals surface area contributed by atoms with Crippen LogP contribution in [0, 0.1) is 18.8 Å². The number of aromatic nitrogens is 2. The third-order valence-corrected chi connectivity index (χ3v) is 3.63. The fourth-order valence-corrected chi connectivity index (χ4v) is 2.13. The Labute approximate surface area is 119 Å². The van der Waals surface area contributed by atoms with Crippen molar-refractivity contribution >= 4 is 5.69 Å². The zero-order valence-corrected chi connectivity index (χ0v) is 12.3. The Morgan fingerprint density at radius 1 is 1.35 bits per heavy atom. The second-order valence-corrected chi connectivity index (χ2v) is 5.39. The van der Waals surface area contributed by atoms with Crippen molar-refractivity contribution in [1.29, 1.82) is 0 Å². The van der Waals surface area contributed by atoms with Gasteiger partial charge in [-0.05, 0) is 49.1 Å². The second-order valence-electron chi connectivity index (χ2n) is 5.39. The average Bonchev–Trinajstić information content (AvgIpc) is 2.94. The van der Waals surface area contributed by atoms with Gasteiger partial charge in [0.25, 0.3) is 0 Å². The Bertz CT molecular complexity index is 537. The van der Waals surface area contributed by atoms with Crippen molar-refractivity contribution in [3.05, 3.63) is 30.2 Å². The highest BCUT2D eigenvalue weighted by Gasteiger charge is 2.12. The molecule has 0 aliphatic rings. The smallest absolute Gasteiger partial charge is 0.247 e. The van der Waals surface area contributed by atoms with E-state index in [0.29, 0.717) is 24.3 Å². The minimum atomic E-state index is 0.477. The predicted octanol–water partition coefficient (Wildman–Crippen LogP) is 2.69. The second kappa shape index (κ2) is 6.52. The van der Waals surface area contributed by atoms with Crippen LogP contribution in [0.15, 0.2) is 29.0 Å². The molecule has 0 radical (unpaired) electrons. The molecular weight excluding hydrogens is 252 g/mol. The first-order chi connectivity index (χ1) is 9.61. The summed E-state index contributed by atoms with van der Waals surface area (Å²) in [6.45, 7) is 8.04. The fourth-order valence-electron chi connectivity index (χ4n) is 2.13. The number of aryl methyl sites for hydroxylation is 1. The first kappa shape index (κ1) is 14.5. The summed E-state index contributed by atoms with van der Waals surface area (Å²) in [7, 11) is 0. The maximum Gasteiger partial charge on any atom is 0.247 e. The minimum Gasteiger partial charge on any atom is -0.423 e. The van der Waals surface area contributed by atoms with Crippen LogP contribution in [0.3, 0.4) is 0 Å². The van der Waals surface area contributed by atoms with Crippen molar-refractivity contribution in [2.75, 3.05) is 18.4 Å². The van der Waals surface area contributed by atoms with E-state index in [9.17, 15) is 0 Å². The van der Waals surface area contributed by atoms with Crippen molar-refractivity contribution in [3.8, 4) is 11.5 Å². The highest BCUT2D eigenvalue weighted by molar-refractivity contribution is 5.62. The van der Waals surface area contributed by atoms with Crippen molar-refractivity contribution in [3.63, 3.8) is 0 Å². The van der Waals surface area contributed by atoms with Crippen molar-refractivity contribution in [2.24, 2.45) is 17.6 Å². The molecule has 0 aliphatic heterocycles. The molecular formula is C15H22N4O. The summed E-state index contributed by atoms with van der Waals surface area (Å²) >= 11 is 0. The zero-order chi connectivity index (χ0) is 14.5. The number of hydrogen-bond acceptors (Lipinski definition) is 5. The van der Waals surface area contributed by atoms with Crippen LogP contribution in [0.1, 0.15) is 19.4 Å². The van der Waals surface area contributed by atoms with Gasteiger partial charge in [-0.15, -0.1) is 10.2 Å². The van der Waals surface area contributed by atoms with Gasteiger partial charge < -0.3 is 15.5 Å². The molecule has 1 heterocycles. The maximum atomic E-state index is 5.80. The first-order valence-electron chi connectivity index (χ1n) is 6.93. The normalized spacial score (nSPS) is 12.7. The van der Waals surface area contributed by atoms with E-state index in [1.54, 1.807) is 0 Å². The molecule has 5 heteroatoms. The van der Waals surface area contributed by atoms with Crippen LogP contribution in [0.2, 0.25) is 0 Å². The zero-order valence-electron chi connectivity index (χ0n) is 12.3. The molecule has 0 saturated carbocycles. The van der Waals surface area contributed by atoms with Crippen molar-refractivity contribution in [2.45, 2.75) is 20.8 Å². The van der Waals surface area contributed by atoms with Crippen LogP contribution in [0.4, 0.5) is 5.69 Å². The number of nitrogens with zero attached hydrogens (tertiary/aromatic N) is 2. The van der Waals surface area contributed by atoms with Gasteiger partial charge in [0, 0.05) is 17.8 Å². The molecule has 0 aliphatic carbocycles. The number of hydrogen-bond donors (Lipinski definition) is 2. The van der Waals surface area contributed by atoms with Crippen LogP contribution in [0.25, 0.3) is 11.5 Å². The Balaban J connectivity index is 2.07. The largest absolute Gasteiger partial charge is 0.423 e. The molecule has 2 rings (SSSR count). The molecule has 1 aromatic carbocycles. The third-order valence-electron chi connectivity index (χ3n) is 3.63. The summed E-state index contributed by atoms with van der Waals surface area (Å²) in [5, 5.41) is 11.1. The van der Waals surface area contributed by atoms with Gasteiger partial charge in [-0.25, -0.2) is 0 Å². The molecule has 5 nitrogen and oxygen atoms in total. The Morgan fingerprint density at radius 2 is 2.15 bits per heavy atom. The van der Waals surface area contributed by atoms with Gasteiger partial charge in [-0.1, -0.05) is 13.8 Å². The number of benzene rings is 1. The number of rotatable bonds is 6. The lowest BCUT2D eigenvalue weighted by Crippen LogP contribution is -2.27. The number of nitrogens with one attached hydrogen (secondary N) is 1. The van der Waals surface area contributed by atoms with Gasteiger partial charge >= 0.3 is 0 Å². The molecule has 0 fully saturated rings. The van der Waals surface area contributed by atoms with E-state index in [2.05, 4.69) is 36.3 Å². The molecule has 1 unspecified atom stereocenters. The first-order valence-corrected chi connectivity index (χ1v) is 6.93. The van der Waals surface area contributed by atoms with Crippen LogP contribution < -0.4 is 11.1 Å². The molecule has 1 atom stereocenters. The summed E-state index contributed by atoms with van der Waals surface area (Å²) in [6.07, 6.45) is 1.34. The summed E-state index contributed by atoms with van der Waals surface area (Å²) in [6, 6.07) is 6.07. The fraction of sp³-hybridized carbons (Fsp3) is 0.467. The summed E-state index contributed by atoms with van der Waals surface area (Å²) in [5.41, 5.74) is 9.00. The molecule has 0 bridgehead atoms. The maximum absolute atomic E-state index is 5.80. The van der Waals surface area contributed by atoms with Crippen molar-refractivity contribution in [1.82, 2.24) is 10.2 Å². The minimum absolute atomic E-state index is 0.477.